The highest BCUT2D eigenvalue weighted by molar-refractivity contribution is 7.99. The van der Waals surface area contributed by atoms with E-state index in [9.17, 15) is 4.79 Å². The predicted molar refractivity (Wildman–Crippen MR) is 134 cm³/mol. The van der Waals surface area contributed by atoms with Crippen molar-refractivity contribution in [3.63, 3.8) is 0 Å². The van der Waals surface area contributed by atoms with Crippen LogP contribution in [-0.2, 0) is 9.54 Å². The summed E-state index contributed by atoms with van der Waals surface area (Å²) in [5, 5.41) is 9.08. The lowest BCUT2D eigenvalue weighted by Crippen LogP contribution is -2.43. The van der Waals surface area contributed by atoms with Gasteiger partial charge >= 0.3 is 5.97 Å². The van der Waals surface area contributed by atoms with Gasteiger partial charge in [-0.05, 0) is 54.3 Å². The van der Waals surface area contributed by atoms with E-state index in [-0.39, 0.29) is 17.1 Å². The molecule has 3 rings (SSSR count). The highest BCUT2D eigenvalue weighted by Crippen LogP contribution is 2.57. The average molecular weight is 473 g/mol. The van der Waals surface area contributed by atoms with Crippen LogP contribution < -0.4 is 14.2 Å². The van der Waals surface area contributed by atoms with E-state index < -0.39 is 5.97 Å². The molecule has 0 aliphatic carbocycles. The molecule has 0 spiro atoms. The van der Waals surface area contributed by atoms with E-state index in [4.69, 9.17) is 19.3 Å². The minimum absolute atomic E-state index is 0.229. The lowest BCUT2D eigenvalue weighted by Gasteiger charge is -2.47. The molecule has 0 saturated heterocycles. The Balaban J connectivity index is 2.06. The van der Waals surface area contributed by atoms with Gasteiger partial charge in [0.25, 0.3) is 0 Å². The zero-order valence-corrected chi connectivity index (χ0v) is 21.0. The van der Waals surface area contributed by atoms with E-state index in [0.29, 0.717) is 18.9 Å². The molecule has 0 bridgehead atoms. The van der Waals surface area contributed by atoms with Crippen molar-refractivity contribution in [1.29, 1.82) is 0 Å². The largest absolute Gasteiger partial charge is 0.497 e. The fourth-order valence-corrected chi connectivity index (χ4v) is 6.28. The molecule has 1 aliphatic heterocycles. The first-order valence-corrected chi connectivity index (χ1v) is 12.9. The molecule has 1 heterocycles. The molecule has 1 aliphatic rings. The lowest BCUT2D eigenvalue weighted by atomic mass is 9.69. The second kappa shape index (κ2) is 11.7. The molecule has 3 atom stereocenters. The summed E-state index contributed by atoms with van der Waals surface area (Å²) in [7, 11) is 3.36. The number of methoxy groups -OCH3 is 2. The summed E-state index contributed by atoms with van der Waals surface area (Å²) in [6.07, 6.45) is 7.18. The number of rotatable bonds is 12. The van der Waals surface area contributed by atoms with Crippen molar-refractivity contribution >= 4 is 17.7 Å². The molecule has 0 aromatic heterocycles. The van der Waals surface area contributed by atoms with Gasteiger partial charge in [0, 0.05) is 18.4 Å². The van der Waals surface area contributed by atoms with Crippen LogP contribution >= 0.6 is 11.8 Å². The summed E-state index contributed by atoms with van der Waals surface area (Å²) < 4.78 is 17.0. The Morgan fingerprint density at radius 1 is 1.12 bits per heavy atom. The van der Waals surface area contributed by atoms with Gasteiger partial charge in [-0.2, -0.15) is 0 Å². The molecule has 180 valence electrons. The van der Waals surface area contributed by atoms with Crippen molar-refractivity contribution in [3.05, 3.63) is 53.6 Å². The van der Waals surface area contributed by atoms with Gasteiger partial charge in [0.15, 0.2) is 0 Å². The van der Waals surface area contributed by atoms with Gasteiger partial charge in [-0.3, -0.25) is 4.79 Å². The van der Waals surface area contributed by atoms with Crippen LogP contribution in [0.25, 0.3) is 0 Å². The smallest absolute Gasteiger partial charge is 0.303 e. The zero-order chi connectivity index (χ0) is 23.8. The second-order valence-electron chi connectivity index (χ2n) is 8.68. The molecule has 0 radical (unpaired) electrons. The van der Waals surface area contributed by atoms with Crippen molar-refractivity contribution in [3.8, 4) is 17.2 Å². The summed E-state index contributed by atoms with van der Waals surface area (Å²) in [5.41, 5.74) is 2.44. The summed E-state index contributed by atoms with van der Waals surface area (Å²) in [6.45, 7) is 2.80. The third-order valence-corrected chi connectivity index (χ3v) is 8.13. The minimum atomic E-state index is -0.720. The molecule has 0 fully saturated rings. The number of hydrogen-bond donors (Lipinski definition) is 1. The number of hydrogen-bond acceptors (Lipinski definition) is 5. The van der Waals surface area contributed by atoms with Crippen molar-refractivity contribution in [2.45, 2.75) is 56.1 Å². The quantitative estimate of drug-likeness (QED) is 0.356. The average Bonchev–Trinajstić information content (AvgIpc) is 2.84. The van der Waals surface area contributed by atoms with Gasteiger partial charge in [0.05, 0.1) is 19.0 Å². The van der Waals surface area contributed by atoms with E-state index >= 15 is 0 Å². The molecule has 2 aromatic carbocycles. The summed E-state index contributed by atoms with van der Waals surface area (Å²) >= 11 is 1.85. The number of aliphatic carboxylic acids is 1. The number of ether oxygens (including phenoxy) is 3. The molecule has 0 saturated carbocycles. The topological polar surface area (TPSA) is 65.0 Å². The molecule has 2 aromatic rings. The van der Waals surface area contributed by atoms with Crippen LogP contribution in [0.15, 0.2) is 42.5 Å². The lowest BCUT2D eigenvalue weighted by molar-refractivity contribution is -0.137. The summed E-state index contributed by atoms with van der Waals surface area (Å²) in [6, 6.07) is 14.5. The third-order valence-electron chi connectivity index (χ3n) is 6.79. The SMILES string of the molecule is CCCC(CCCCC(=O)O)C1c2ccc(OC)cc2OCC1(SC)c1ccc(OC)cc1. The highest BCUT2D eigenvalue weighted by atomic mass is 32.2. The predicted octanol–water partition coefficient (Wildman–Crippen LogP) is 6.50. The molecule has 5 nitrogen and oxygen atoms in total. The molecule has 6 heteroatoms. The van der Waals surface area contributed by atoms with Gasteiger partial charge in [0.2, 0.25) is 0 Å². The standard InChI is InChI=1S/C27H36O5S/c1-5-8-19(9-6-7-10-25(28)29)26-23-16-15-22(31-3)17-24(23)32-18-27(26,33-4)20-11-13-21(30-2)14-12-20/h11-17,19,26H,5-10,18H2,1-4H3,(H,28,29). The van der Waals surface area contributed by atoms with Gasteiger partial charge in [-0.1, -0.05) is 44.4 Å². The summed E-state index contributed by atoms with van der Waals surface area (Å²) in [5.74, 6) is 2.45. The summed E-state index contributed by atoms with van der Waals surface area (Å²) in [4.78, 5) is 11.0. The van der Waals surface area contributed by atoms with Crippen molar-refractivity contribution in [2.75, 3.05) is 27.1 Å². The Morgan fingerprint density at radius 2 is 1.82 bits per heavy atom. The van der Waals surface area contributed by atoms with Crippen molar-refractivity contribution in [1.82, 2.24) is 0 Å². The second-order valence-corrected chi connectivity index (χ2v) is 9.82. The van der Waals surface area contributed by atoms with Crippen LogP contribution in [0.5, 0.6) is 17.2 Å². The van der Waals surface area contributed by atoms with Gasteiger partial charge < -0.3 is 19.3 Å². The van der Waals surface area contributed by atoms with Gasteiger partial charge in [-0.15, -0.1) is 11.8 Å². The number of carbonyl (C=O) groups is 1. The third kappa shape index (κ3) is 5.60. The molecular weight excluding hydrogens is 436 g/mol. The van der Waals surface area contributed by atoms with Crippen molar-refractivity contribution < 1.29 is 24.1 Å². The maximum Gasteiger partial charge on any atom is 0.303 e. The minimum Gasteiger partial charge on any atom is -0.497 e. The maximum absolute atomic E-state index is 11.0. The van der Waals surface area contributed by atoms with E-state index in [1.54, 1.807) is 14.2 Å². The Kier molecular flexibility index (Phi) is 8.95. The van der Waals surface area contributed by atoms with Gasteiger partial charge in [0.1, 0.15) is 23.9 Å². The molecular formula is C27H36O5S. The van der Waals surface area contributed by atoms with Crippen LogP contribution in [0.4, 0.5) is 0 Å². The van der Waals surface area contributed by atoms with E-state index in [1.165, 1.54) is 11.1 Å². The Labute approximate surface area is 201 Å². The number of carboxylic acid groups (broad SMARTS) is 1. The first kappa shape index (κ1) is 25.3. The first-order chi connectivity index (χ1) is 16.0. The van der Waals surface area contributed by atoms with Crippen LogP contribution in [0.3, 0.4) is 0 Å². The zero-order valence-electron chi connectivity index (χ0n) is 20.1. The van der Waals surface area contributed by atoms with E-state index in [1.807, 2.05) is 36.0 Å². The van der Waals surface area contributed by atoms with Crippen LogP contribution in [0.1, 0.15) is 62.5 Å². The fraction of sp³-hybridized carbons (Fsp3) is 0.519. The van der Waals surface area contributed by atoms with Crippen LogP contribution in [0.2, 0.25) is 0 Å². The normalized spacial score (nSPS) is 20.4. The maximum atomic E-state index is 11.0. The first-order valence-electron chi connectivity index (χ1n) is 11.7. The Hall–Kier alpha value is -2.34. The number of thioether (sulfide) groups is 1. The Morgan fingerprint density at radius 3 is 2.42 bits per heavy atom. The Bertz CT molecular complexity index is 913. The van der Waals surface area contributed by atoms with Crippen LogP contribution in [-0.4, -0.2) is 38.2 Å². The number of carboxylic acids is 1. The molecule has 3 unspecified atom stereocenters. The monoisotopic (exact) mass is 472 g/mol. The highest BCUT2D eigenvalue weighted by Gasteiger charge is 2.49. The van der Waals surface area contributed by atoms with E-state index in [0.717, 1.165) is 42.9 Å². The molecule has 1 N–H and O–H groups in total. The van der Waals surface area contributed by atoms with Crippen LogP contribution in [0, 0.1) is 5.92 Å². The fourth-order valence-electron chi connectivity index (χ4n) is 5.16. The number of fused-ring (bicyclic) bond motifs is 1. The number of benzene rings is 2. The van der Waals surface area contributed by atoms with Crippen molar-refractivity contribution in [2.24, 2.45) is 5.92 Å². The molecule has 33 heavy (non-hydrogen) atoms. The van der Waals surface area contributed by atoms with E-state index in [2.05, 4.69) is 31.4 Å². The molecule has 0 amide bonds. The number of unbranched alkanes of at least 4 members (excludes halogenated alkanes) is 1. The van der Waals surface area contributed by atoms with Gasteiger partial charge in [-0.25, -0.2) is 0 Å².